The number of hydrogen-bond acceptors (Lipinski definition) is 4. The van der Waals surface area contributed by atoms with Gasteiger partial charge in [0.15, 0.2) is 11.6 Å². The van der Waals surface area contributed by atoms with Crippen molar-refractivity contribution in [3.8, 4) is 11.5 Å². The van der Waals surface area contributed by atoms with Crippen LogP contribution in [0.5, 0.6) is 11.5 Å². The zero-order valence-electron chi connectivity index (χ0n) is 14.6. The number of fused-ring (bicyclic) bond motifs is 1. The molecular formula is C20H19FN4O2. The molecule has 0 aliphatic heterocycles. The summed E-state index contributed by atoms with van der Waals surface area (Å²) in [6.45, 7) is 0.257. The molecule has 4 rings (SSSR count). The summed E-state index contributed by atoms with van der Waals surface area (Å²) in [4.78, 5) is 16.5. The molecule has 6 nitrogen and oxygen atoms in total. The fourth-order valence-corrected chi connectivity index (χ4v) is 3.32. The number of ether oxygens (including phenoxy) is 1. The Kier molecular flexibility index (Phi) is 4.82. The molecule has 1 aromatic carbocycles. The van der Waals surface area contributed by atoms with E-state index in [0.29, 0.717) is 11.3 Å². The van der Waals surface area contributed by atoms with Gasteiger partial charge in [-0.15, -0.1) is 0 Å². The molecule has 0 bridgehead atoms. The molecule has 0 fully saturated rings. The van der Waals surface area contributed by atoms with E-state index in [2.05, 4.69) is 20.5 Å². The topological polar surface area (TPSA) is 79.9 Å². The van der Waals surface area contributed by atoms with Gasteiger partial charge < -0.3 is 10.1 Å². The fourth-order valence-electron chi connectivity index (χ4n) is 3.32. The van der Waals surface area contributed by atoms with Gasteiger partial charge in [0.05, 0.1) is 18.3 Å². The van der Waals surface area contributed by atoms with Crippen LogP contribution in [-0.4, -0.2) is 21.1 Å². The molecule has 2 aromatic heterocycles. The van der Waals surface area contributed by atoms with Gasteiger partial charge in [0.2, 0.25) is 5.91 Å². The van der Waals surface area contributed by atoms with Crippen LogP contribution >= 0.6 is 0 Å². The SMILES string of the molecule is O=C(NCc1ccc(Oc2cccnc2)c(F)c1)C1CCCc2[nH]ncc21. The Hall–Kier alpha value is -3.22. The molecule has 2 N–H and O–H groups in total. The molecule has 27 heavy (non-hydrogen) atoms. The third-order valence-corrected chi connectivity index (χ3v) is 4.69. The molecule has 1 aliphatic rings. The molecule has 0 saturated heterocycles. The van der Waals surface area contributed by atoms with Gasteiger partial charge in [-0.05, 0) is 49.1 Å². The number of aromatic nitrogens is 3. The number of nitrogens with zero attached hydrogens (tertiary/aromatic N) is 2. The lowest BCUT2D eigenvalue weighted by Gasteiger charge is -2.21. The van der Waals surface area contributed by atoms with Crippen molar-refractivity contribution in [1.82, 2.24) is 20.5 Å². The maximum Gasteiger partial charge on any atom is 0.227 e. The van der Waals surface area contributed by atoms with Crippen molar-refractivity contribution < 1.29 is 13.9 Å². The van der Waals surface area contributed by atoms with Crippen molar-refractivity contribution in [2.75, 3.05) is 0 Å². The quantitative estimate of drug-likeness (QED) is 0.725. The first-order chi connectivity index (χ1) is 13.2. The number of aromatic amines is 1. The van der Waals surface area contributed by atoms with Crippen molar-refractivity contribution in [3.05, 3.63) is 71.6 Å². The minimum absolute atomic E-state index is 0.0616. The predicted octanol–water partition coefficient (Wildman–Crippen LogP) is 3.47. The van der Waals surface area contributed by atoms with E-state index in [0.717, 1.165) is 30.5 Å². The number of benzene rings is 1. The molecule has 1 amide bonds. The molecule has 7 heteroatoms. The summed E-state index contributed by atoms with van der Waals surface area (Å²) in [5.74, 6) is -0.168. The van der Waals surface area contributed by atoms with Crippen molar-refractivity contribution >= 4 is 5.91 Å². The summed E-state index contributed by atoms with van der Waals surface area (Å²) < 4.78 is 19.8. The molecule has 0 saturated carbocycles. The lowest BCUT2D eigenvalue weighted by molar-refractivity contribution is -0.123. The number of amides is 1. The highest BCUT2D eigenvalue weighted by Gasteiger charge is 2.27. The second-order valence-corrected chi connectivity index (χ2v) is 6.52. The Morgan fingerprint density at radius 1 is 1.33 bits per heavy atom. The number of carbonyl (C=O) groups excluding carboxylic acids is 1. The van der Waals surface area contributed by atoms with Crippen molar-refractivity contribution in [3.63, 3.8) is 0 Å². The lowest BCUT2D eigenvalue weighted by Crippen LogP contribution is -2.30. The van der Waals surface area contributed by atoms with Crippen LogP contribution in [0, 0.1) is 5.82 Å². The third kappa shape index (κ3) is 3.81. The van der Waals surface area contributed by atoms with Crippen LogP contribution in [0.15, 0.2) is 48.9 Å². The zero-order chi connectivity index (χ0) is 18.6. The normalized spacial score (nSPS) is 15.8. The standard InChI is InChI=1S/C20H19FN4O2/c21-17-9-13(6-7-19(17)27-14-3-2-8-22-11-14)10-23-20(26)15-4-1-5-18-16(15)12-24-25-18/h2-3,6-9,11-12,15H,1,4-5,10H2,(H,23,26)(H,24,25). The maximum absolute atomic E-state index is 14.3. The average molecular weight is 366 g/mol. The monoisotopic (exact) mass is 366 g/mol. The summed E-state index contributed by atoms with van der Waals surface area (Å²) in [7, 11) is 0. The average Bonchev–Trinajstić information content (AvgIpc) is 3.17. The zero-order valence-corrected chi connectivity index (χ0v) is 14.6. The maximum atomic E-state index is 14.3. The highest BCUT2D eigenvalue weighted by Crippen LogP contribution is 2.30. The number of H-pyrrole nitrogens is 1. The second kappa shape index (κ2) is 7.57. The molecule has 1 aliphatic carbocycles. The summed E-state index contributed by atoms with van der Waals surface area (Å²) in [5.41, 5.74) is 2.66. The number of pyridine rings is 1. The predicted molar refractivity (Wildman–Crippen MR) is 96.8 cm³/mol. The van der Waals surface area contributed by atoms with E-state index in [1.807, 2.05) is 0 Å². The minimum Gasteiger partial charge on any atom is -0.453 e. The molecule has 1 atom stereocenters. The molecule has 138 valence electrons. The van der Waals surface area contributed by atoms with Crippen LogP contribution in [0.4, 0.5) is 4.39 Å². The van der Waals surface area contributed by atoms with Crippen molar-refractivity contribution in [2.45, 2.75) is 31.7 Å². The first-order valence-electron chi connectivity index (χ1n) is 8.87. The van der Waals surface area contributed by atoms with E-state index < -0.39 is 5.82 Å². The second-order valence-electron chi connectivity index (χ2n) is 6.52. The van der Waals surface area contributed by atoms with Gasteiger partial charge in [-0.25, -0.2) is 4.39 Å². The number of nitrogens with one attached hydrogen (secondary N) is 2. The van der Waals surface area contributed by atoms with E-state index in [-0.39, 0.29) is 24.1 Å². The minimum atomic E-state index is -0.486. The number of rotatable bonds is 5. The Labute approximate surface area is 155 Å². The molecule has 3 aromatic rings. The molecule has 1 unspecified atom stereocenters. The van der Waals surface area contributed by atoms with E-state index in [1.54, 1.807) is 36.7 Å². The van der Waals surface area contributed by atoms with Gasteiger partial charge in [-0.3, -0.25) is 14.9 Å². The summed E-state index contributed by atoms with van der Waals surface area (Å²) in [6.07, 6.45) is 7.52. The molecule has 2 heterocycles. The first-order valence-corrected chi connectivity index (χ1v) is 8.87. The van der Waals surface area contributed by atoms with Gasteiger partial charge in [0.1, 0.15) is 5.75 Å². The van der Waals surface area contributed by atoms with E-state index in [4.69, 9.17) is 4.74 Å². The number of carbonyl (C=O) groups is 1. The van der Waals surface area contributed by atoms with Crippen LogP contribution in [0.2, 0.25) is 0 Å². The molecule has 0 radical (unpaired) electrons. The van der Waals surface area contributed by atoms with Crippen molar-refractivity contribution in [1.29, 1.82) is 0 Å². The van der Waals surface area contributed by atoms with Crippen molar-refractivity contribution in [2.24, 2.45) is 0 Å². The Bertz CT molecular complexity index is 942. The summed E-state index contributed by atoms with van der Waals surface area (Å²) >= 11 is 0. The summed E-state index contributed by atoms with van der Waals surface area (Å²) in [5, 5.41) is 9.89. The highest BCUT2D eigenvalue weighted by molar-refractivity contribution is 5.84. The van der Waals surface area contributed by atoms with E-state index in [9.17, 15) is 9.18 Å². The molecular weight excluding hydrogens is 347 g/mol. The fraction of sp³-hybridized carbons (Fsp3) is 0.250. The van der Waals surface area contributed by atoms with Crippen LogP contribution in [0.1, 0.15) is 35.6 Å². The smallest absolute Gasteiger partial charge is 0.227 e. The van der Waals surface area contributed by atoms with Crippen LogP contribution in [0.25, 0.3) is 0 Å². The highest BCUT2D eigenvalue weighted by atomic mass is 19.1. The van der Waals surface area contributed by atoms with Crippen LogP contribution in [-0.2, 0) is 17.8 Å². The number of hydrogen-bond donors (Lipinski definition) is 2. The Balaban J connectivity index is 1.39. The summed E-state index contributed by atoms with van der Waals surface area (Å²) in [6, 6.07) is 8.08. The number of aryl methyl sites for hydroxylation is 1. The lowest BCUT2D eigenvalue weighted by atomic mass is 9.86. The van der Waals surface area contributed by atoms with Gasteiger partial charge in [-0.1, -0.05) is 6.07 Å². The Morgan fingerprint density at radius 2 is 2.26 bits per heavy atom. The Morgan fingerprint density at radius 3 is 3.07 bits per heavy atom. The largest absolute Gasteiger partial charge is 0.453 e. The van der Waals surface area contributed by atoms with E-state index in [1.165, 1.54) is 12.3 Å². The van der Waals surface area contributed by atoms with Gasteiger partial charge in [0.25, 0.3) is 0 Å². The molecule has 0 spiro atoms. The number of halogens is 1. The van der Waals surface area contributed by atoms with E-state index >= 15 is 0 Å². The van der Waals surface area contributed by atoms with Crippen LogP contribution in [0.3, 0.4) is 0 Å². The van der Waals surface area contributed by atoms with Crippen LogP contribution < -0.4 is 10.1 Å². The first kappa shape index (κ1) is 17.2. The van der Waals surface area contributed by atoms with Gasteiger partial charge >= 0.3 is 0 Å². The van der Waals surface area contributed by atoms with Gasteiger partial charge in [0, 0.05) is 24.0 Å². The van der Waals surface area contributed by atoms with Gasteiger partial charge in [-0.2, -0.15) is 5.10 Å². The third-order valence-electron chi connectivity index (χ3n) is 4.69.